The van der Waals surface area contributed by atoms with E-state index in [1.54, 1.807) is 0 Å². The van der Waals surface area contributed by atoms with Crippen molar-refractivity contribution < 1.29 is 44.2 Å². The molecule has 0 aromatic rings. The molecule has 0 saturated carbocycles. The predicted molar refractivity (Wildman–Crippen MR) is 261 cm³/mol. The van der Waals surface area contributed by atoms with Crippen molar-refractivity contribution in [1.29, 1.82) is 0 Å². The van der Waals surface area contributed by atoms with Gasteiger partial charge in [-0.3, -0.25) is 4.79 Å². The van der Waals surface area contributed by atoms with Crippen LogP contribution in [0.3, 0.4) is 0 Å². The second kappa shape index (κ2) is 45.6. The number of carbonyl (C=O) groups excluding carboxylic acids is 1. The average Bonchev–Trinajstić information content (AvgIpc) is 3.28. The van der Waals surface area contributed by atoms with Crippen LogP contribution in [-0.4, -0.2) is 89.6 Å². The Kier molecular flexibility index (Phi) is 43.0. The number of aliphatic hydroxyl groups is 4. The summed E-state index contributed by atoms with van der Waals surface area (Å²) in [6.45, 7) is 4.53. The van der Waals surface area contributed by atoms with Crippen LogP contribution in [0.1, 0.15) is 239 Å². The lowest BCUT2D eigenvalue weighted by molar-refractivity contribution is -0.305. The van der Waals surface area contributed by atoms with E-state index < -0.39 is 43.4 Å². The molecule has 1 rings (SSSR count). The summed E-state index contributed by atoms with van der Waals surface area (Å²) in [5.74, 6) is -0.325. The molecule has 1 fully saturated rings. The number of hydrogen-bond acceptors (Lipinski definition) is 9. The van der Waals surface area contributed by atoms with Crippen molar-refractivity contribution in [3.8, 4) is 0 Å². The summed E-state index contributed by atoms with van der Waals surface area (Å²) in [4.78, 5) is 12.8. The molecule has 0 aromatic carbocycles. The first-order valence-electron chi connectivity index (χ1n) is 26.6. The van der Waals surface area contributed by atoms with E-state index >= 15 is 0 Å². The Balaban J connectivity index is 2.14. The highest BCUT2D eigenvalue weighted by molar-refractivity contribution is 5.69. The fourth-order valence-electron chi connectivity index (χ4n) is 8.09. The second-order valence-corrected chi connectivity index (χ2v) is 18.3. The Morgan fingerprint density at radius 3 is 1.43 bits per heavy atom. The molecule has 370 valence electrons. The van der Waals surface area contributed by atoms with Gasteiger partial charge in [0, 0.05) is 13.0 Å². The predicted octanol–water partition coefficient (Wildman–Crippen LogP) is 13.1. The van der Waals surface area contributed by atoms with Gasteiger partial charge in [0.25, 0.3) is 0 Å². The zero-order valence-corrected chi connectivity index (χ0v) is 40.8. The largest absolute Gasteiger partial charge is 0.457 e. The van der Waals surface area contributed by atoms with Gasteiger partial charge in [0.05, 0.1) is 19.8 Å². The number of aliphatic hydroxyl groups excluding tert-OH is 4. The van der Waals surface area contributed by atoms with Crippen molar-refractivity contribution in [3.63, 3.8) is 0 Å². The zero-order valence-electron chi connectivity index (χ0n) is 40.8. The molecule has 0 bridgehead atoms. The maximum absolute atomic E-state index is 12.8. The first kappa shape index (κ1) is 59.4. The van der Waals surface area contributed by atoms with Crippen LogP contribution >= 0.6 is 0 Å². The molecule has 0 radical (unpaired) electrons. The van der Waals surface area contributed by atoms with Crippen molar-refractivity contribution in [2.75, 3.05) is 26.4 Å². The normalized spacial score (nSPS) is 19.9. The lowest BCUT2D eigenvalue weighted by Crippen LogP contribution is -2.59. The standard InChI is InChI=1S/C54H100O9/c1-3-5-7-9-11-13-15-17-19-20-21-22-23-24-25-26-27-28-29-30-32-34-36-38-40-42-44-60-46-48(47-61-54-53(59)52(58)51(57)49(45-55)63-54)62-50(56)43-41-39-37-35-33-31-18-16-14-12-10-8-6-4-2/h10,12,16,18,20-21,48-49,51-55,57-59H,3-9,11,13-15,17,19,22-47H2,1-2H3/b12-10-,18-16-,21-20-. The summed E-state index contributed by atoms with van der Waals surface area (Å²) in [7, 11) is 0. The van der Waals surface area contributed by atoms with Gasteiger partial charge in [0.1, 0.15) is 30.5 Å². The summed E-state index contributed by atoms with van der Waals surface area (Å²) < 4.78 is 22.9. The minimum absolute atomic E-state index is 0.117. The number of hydrogen-bond donors (Lipinski definition) is 4. The van der Waals surface area contributed by atoms with Crippen molar-refractivity contribution in [2.45, 2.75) is 275 Å². The topological polar surface area (TPSA) is 135 Å². The fourth-order valence-corrected chi connectivity index (χ4v) is 8.09. The number of carbonyl (C=O) groups is 1. The van der Waals surface area contributed by atoms with Gasteiger partial charge in [-0.15, -0.1) is 0 Å². The quantitative estimate of drug-likeness (QED) is 0.0268. The SMILES string of the molecule is CCCC/C=C\C/C=C\CCCCCCCC(=O)OC(COCCCCCCCCCCCCCCCC/C=C\CCCCCCCCCC)COC1OC(CO)C(O)C(O)C1O. The third kappa shape index (κ3) is 36.2. The smallest absolute Gasteiger partial charge is 0.306 e. The van der Waals surface area contributed by atoms with E-state index in [2.05, 4.69) is 50.3 Å². The highest BCUT2D eigenvalue weighted by Gasteiger charge is 2.44. The molecule has 0 amide bonds. The van der Waals surface area contributed by atoms with Gasteiger partial charge >= 0.3 is 5.97 Å². The van der Waals surface area contributed by atoms with Gasteiger partial charge in [-0.2, -0.15) is 0 Å². The van der Waals surface area contributed by atoms with Crippen molar-refractivity contribution in [2.24, 2.45) is 0 Å². The highest BCUT2D eigenvalue weighted by atomic mass is 16.7. The van der Waals surface area contributed by atoms with Crippen LogP contribution in [0.25, 0.3) is 0 Å². The van der Waals surface area contributed by atoms with E-state index in [4.69, 9.17) is 18.9 Å². The Morgan fingerprint density at radius 1 is 0.508 bits per heavy atom. The van der Waals surface area contributed by atoms with E-state index in [1.165, 1.54) is 161 Å². The first-order valence-corrected chi connectivity index (χ1v) is 26.6. The van der Waals surface area contributed by atoms with Gasteiger partial charge in [-0.05, 0) is 64.2 Å². The van der Waals surface area contributed by atoms with Crippen LogP contribution in [0, 0.1) is 0 Å². The number of rotatable bonds is 46. The molecule has 0 aliphatic carbocycles. The highest BCUT2D eigenvalue weighted by Crippen LogP contribution is 2.23. The molecule has 1 heterocycles. The molecule has 63 heavy (non-hydrogen) atoms. The third-order valence-electron chi connectivity index (χ3n) is 12.3. The van der Waals surface area contributed by atoms with Gasteiger partial charge in [0.2, 0.25) is 0 Å². The van der Waals surface area contributed by atoms with Crippen molar-refractivity contribution in [3.05, 3.63) is 36.5 Å². The Labute approximate surface area is 387 Å². The summed E-state index contributed by atoms with van der Waals surface area (Å²) in [6.07, 6.45) is 49.1. The lowest BCUT2D eigenvalue weighted by Gasteiger charge is -2.39. The van der Waals surface area contributed by atoms with Gasteiger partial charge < -0.3 is 39.4 Å². The monoisotopic (exact) mass is 893 g/mol. The minimum Gasteiger partial charge on any atom is -0.457 e. The third-order valence-corrected chi connectivity index (χ3v) is 12.3. The molecule has 1 aliphatic rings. The van der Waals surface area contributed by atoms with Gasteiger partial charge in [-0.1, -0.05) is 204 Å². The summed E-state index contributed by atoms with van der Waals surface area (Å²) in [5, 5.41) is 40.2. The number of ether oxygens (including phenoxy) is 4. The maximum atomic E-state index is 12.8. The van der Waals surface area contributed by atoms with Crippen LogP contribution in [0.2, 0.25) is 0 Å². The van der Waals surface area contributed by atoms with E-state index in [0.29, 0.717) is 13.0 Å². The van der Waals surface area contributed by atoms with E-state index in [9.17, 15) is 25.2 Å². The molecule has 1 saturated heterocycles. The van der Waals surface area contributed by atoms with Crippen LogP contribution in [0.5, 0.6) is 0 Å². The second-order valence-electron chi connectivity index (χ2n) is 18.3. The summed E-state index contributed by atoms with van der Waals surface area (Å²) >= 11 is 0. The molecule has 0 aromatic heterocycles. The molecule has 9 heteroatoms. The van der Waals surface area contributed by atoms with Crippen molar-refractivity contribution >= 4 is 5.97 Å². The Hall–Kier alpha value is -1.59. The number of allylic oxidation sites excluding steroid dienone is 6. The number of esters is 1. The zero-order chi connectivity index (χ0) is 45.7. The molecular weight excluding hydrogens is 793 g/mol. The molecule has 0 spiro atoms. The van der Waals surface area contributed by atoms with Gasteiger partial charge in [0.15, 0.2) is 6.29 Å². The van der Waals surface area contributed by atoms with Crippen LogP contribution in [0.4, 0.5) is 0 Å². The summed E-state index contributed by atoms with van der Waals surface area (Å²) in [5.41, 5.74) is 0. The Bertz CT molecular complexity index is 1060. The fraction of sp³-hybridized carbons (Fsp3) is 0.870. The molecule has 9 nitrogen and oxygen atoms in total. The van der Waals surface area contributed by atoms with E-state index in [0.717, 1.165) is 57.8 Å². The molecular formula is C54H100O9. The van der Waals surface area contributed by atoms with E-state index in [1.807, 2.05) is 0 Å². The van der Waals surface area contributed by atoms with Crippen LogP contribution in [-0.2, 0) is 23.7 Å². The Morgan fingerprint density at radius 2 is 0.937 bits per heavy atom. The molecule has 1 aliphatic heterocycles. The molecule has 6 atom stereocenters. The van der Waals surface area contributed by atoms with E-state index in [-0.39, 0.29) is 19.2 Å². The minimum atomic E-state index is -1.54. The van der Waals surface area contributed by atoms with Crippen LogP contribution < -0.4 is 0 Å². The van der Waals surface area contributed by atoms with Gasteiger partial charge in [-0.25, -0.2) is 0 Å². The van der Waals surface area contributed by atoms with Crippen LogP contribution in [0.15, 0.2) is 36.5 Å². The number of unbranched alkanes of at least 4 members (excludes halogenated alkanes) is 29. The first-order chi connectivity index (χ1) is 30.9. The molecule has 6 unspecified atom stereocenters. The maximum Gasteiger partial charge on any atom is 0.306 e. The average molecular weight is 893 g/mol. The summed E-state index contributed by atoms with van der Waals surface area (Å²) in [6, 6.07) is 0. The van der Waals surface area contributed by atoms with Crippen molar-refractivity contribution in [1.82, 2.24) is 0 Å². The molecule has 4 N–H and O–H groups in total. The lowest BCUT2D eigenvalue weighted by atomic mass is 9.99.